The number of rotatable bonds is 3. The average molecular weight is 222 g/mol. The van der Waals surface area contributed by atoms with E-state index in [0.29, 0.717) is 19.4 Å². The van der Waals surface area contributed by atoms with Crippen LogP contribution >= 0.6 is 0 Å². The van der Waals surface area contributed by atoms with Gasteiger partial charge in [-0.3, -0.25) is 4.79 Å². The standard InChI is InChI=1S/C13H15FO2/c14-12-8-11(6-7-13(12)15)16-9-10-4-2-1-3-5-10/h1-5,11-12H,6-9H2/t11-,12+/m0/s1. The van der Waals surface area contributed by atoms with Gasteiger partial charge in [0.05, 0.1) is 12.7 Å². The van der Waals surface area contributed by atoms with Crippen LogP contribution in [0.5, 0.6) is 0 Å². The first-order chi connectivity index (χ1) is 7.75. The third-order valence-electron chi connectivity index (χ3n) is 2.86. The van der Waals surface area contributed by atoms with Crippen LogP contribution in [-0.2, 0) is 16.1 Å². The first-order valence-electron chi connectivity index (χ1n) is 5.58. The van der Waals surface area contributed by atoms with Gasteiger partial charge in [-0.05, 0) is 12.0 Å². The Bertz CT molecular complexity index is 350. The van der Waals surface area contributed by atoms with Crippen LogP contribution in [0.1, 0.15) is 24.8 Å². The molecule has 16 heavy (non-hydrogen) atoms. The highest BCUT2D eigenvalue weighted by Gasteiger charge is 2.28. The summed E-state index contributed by atoms with van der Waals surface area (Å²) in [4.78, 5) is 11.0. The van der Waals surface area contributed by atoms with Crippen LogP contribution in [0.4, 0.5) is 4.39 Å². The maximum atomic E-state index is 13.1. The Hall–Kier alpha value is -1.22. The third kappa shape index (κ3) is 2.89. The second-order valence-corrected chi connectivity index (χ2v) is 4.13. The molecule has 2 atom stereocenters. The van der Waals surface area contributed by atoms with Gasteiger partial charge in [0.1, 0.15) is 0 Å². The van der Waals surface area contributed by atoms with Crippen LogP contribution in [-0.4, -0.2) is 18.1 Å². The van der Waals surface area contributed by atoms with Crippen molar-refractivity contribution < 1.29 is 13.9 Å². The number of ether oxygens (including phenoxy) is 1. The molecule has 2 nitrogen and oxygen atoms in total. The molecule has 0 amide bonds. The minimum absolute atomic E-state index is 0.118. The summed E-state index contributed by atoms with van der Waals surface area (Å²) in [6.45, 7) is 0.492. The van der Waals surface area contributed by atoms with Gasteiger partial charge in [0.15, 0.2) is 12.0 Å². The number of carbonyl (C=O) groups is 1. The molecule has 1 saturated carbocycles. The SMILES string of the molecule is O=C1CC[C@H](OCc2ccccc2)C[C@H]1F. The second kappa shape index (κ2) is 5.21. The van der Waals surface area contributed by atoms with E-state index in [2.05, 4.69) is 0 Å². The molecule has 0 N–H and O–H groups in total. The van der Waals surface area contributed by atoms with Crippen molar-refractivity contribution in [1.82, 2.24) is 0 Å². The summed E-state index contributed by atoms with van der Waals surface area (Å²) in [5.41, 5.74) is 1.08. The zero-order chi connectivity index (χ0) is 11.4. The predicted octanol–water partition coefficient (Wildman–Crippen LogP) is 2.66. The summed E-state index contributed by atoms with van der Waals surface area (Å²) in [6, 6.07) is 9.78. The molecule has 1 aromatic carbocycles. The minimum Gasteiger partial charge on any atom is -0.373 e. The molecular weight excluding hydrogens is 207 g/mol. The smallest absolute Gasteiger partial charge is 0.167 e. The molecule has 2 rings (SSSR count). The number of hydrogen-bond donors (Lipinski definition) is 0. The zero-order valence-electron chi connectivity index (χ0n) is 9.06. The Labute approximate surface area is 94.4 Å². The molecule has 1 aromatic rings. The van der Waals surface area contributed by atoms with Gasteiger partial charge in [-0.15, -0.1) is 0 Å². The molecule has 0 bridgehead atoms. The number of benzene rings is 1. The van der Waals surface area contributed by atoms with Gasteiger partial charge in [0.25, 0.3) is 0 Å². The quantitative estimate of drug-likeness (QED) is 0.786. The molecule has 0 unspecified atom stereocenters. The number of halogens is 1. The lowest BCUT2D eigenvalue weighted by molar-refractivity contribution is -0.129. The molecule has 0 heterocycles. The van der Waals surface area contributed by atoms with Crippen molar-refractivity contribution in [1.29, 1.82) is 0 Å². The molecule has 86 valence electrons. The van der Waals surface area contributed by atoms with Gasteiger partial charge < -0.3 is 4.74 Å². The molecular formula is C13H15FO2. The van der Waals surface area contributed by atoms with Crippen LogP contribution < -0.4 is 0 Å². The van der Waals surface area contributed by atoms with Crippen molar-refractivity contribution >= 4 is 5.78 Å². The lowest BCUT2D eigenvalue weighted by Gasteiger charge is -2.23. The van der Waals surface area contributed by atoms with Crippen molar-refractivity contribution in [3.05, 3.63) is 35.9 Å². The molecule has 1 fully saturated rings. The normalized spacial score (nSPS) is 25.7. The Morgan fingerprint density at radius 2 is 2.06 bits per heavy atom. The first kappa shape index (κ1) is 11.3. The highest BCUT2D eigenvalue weighted by atomic mass is 19.1. The van der Waals surface area contributed by atoms with E-state index in [1.807, 2.05) is 30.3 Å². The molecule has 1 aliphatic carbocycles. The lowest BCUT2D eigenvalue weighted by Crippen LogP contribution is -2.30. The van der Waals surface area contributed by atoms with E-state index < -0.39 is 6.17 Å². The van der Waals surface area contributed by atoms with Crippen molar-refractivity contribution in [3.8, 4) is 0 Å². The second-order valence-electron chi connectivity index (χ2n) is 4.13. The van der Waals surface area contributed by atoms with E-state index in [1.165, 1.54) is 0 Å². The number of hydrogen-bond acceptors (Lipinski definition) is 2. The zero-order valence-corrected chi connectivity index (χ0v) is 9.06. The van der Waals surface area contributed by atoms with Crippen molar-refractivity contribution in [2.75, 3.05) is 0 Å². The van der Waals surface area contributed by atoms with Gasteiger partial charge in [0, 0.05) is 12.8 Å². The molecule has 0 aliphatic heterocycles. The molecule has 0 aromatic heterocycles. The molecule has 0 saturated heterocycles. The Morgan fingerprint density at radius 1 is 1.31 bits per heavy atom. The summed E-state index contributed by atoms with van der Waals surface area (Å²) in [6.07, 6.45) is -0.277. The number of Topliss-reactive ketones (excluding diaryl/α,β-unsaturated/α-hetero) is 1. The number of alkyl halides is 1. The van der Waals surface area contributed by atoms with E-state index in [9.17, 15) is 9.18 Å². The largest absolute Gasteiger partial charge is 0.373 e. The van der Waals surface area contributed by atoms with Crippen LogP contribution in [0.2, 0.25) is 0 Å². The van der Waals surface area contributed by atoms with Crippen LogP contribution in [0.25, 0.3) is 0 Å². The van der Waals surface area contributed by atoms with E-state index in [-0.39, 0.29) is 18.3 Å². The van der Waals surface area contributed by atoms with Crippen LogP contribution in [0, 0.1) is 0 Å². The number of carbonyl (C=O) groups excluding carboxylic acids is 1. The fraction of sp³-hybridized carbons (Fsp3) is 0.462. The maximum Gasteiger partial charge on any atom is 0.167 e. The maximum absolute atomic E-state index is 13.1. The minimum atomic E-state index is -1.32. The van der Waals surface area contributed by atoms with Crippen molar-refractivity contribution in [3.63, 3.8) is 0 Å². The fourth-order valence-electron chi connectivity index (χ4n) is 1.88. The summed E-state index contributed by atoms with van der Waals surface area (Å²) in [5, 5.41) is 0. The monoisotopic (exact) mass is 222 g/mol. The number of ketones is 1. The predicted molar refractivity (Wildman–Crippen MR) is 58.8 cm³/mol. The fourth-order valence-corrected chi connectivity index (χ4v) is 1.88. The van der Waals surface area contributed by atoms with Crippen LogP contribution in [0.3, 0.4) is 0 Å². The molecule has 0 spiro atoms. The molecule has 1 aliphatic rings. The Morgan fingerprint density at radius 3 is 2.75 bits per heavy atom. The molecule has 3 heteroatoms. The lowest BCUT2D eigenvalue weighted by atomic mass is 9.95. The van der Waals surface area contributed by atoms with Crippen LogP contribution in [0.15, 0.2) is 30.3 Å². The highest BCUT2D eigenvalue weighted by molar-refractivity contribution is 5.83. The topological polar surface area (TPSA) is 26.3 Å². The van der Waals surface area contributed by atoms with E-state index in [0.717, 1.165) is 5.56 Å². The van der Waals surface area contributed by atoms with Gasteiger partial charge in [-0.25, -0.2) is 4.39 Å². The van der Waals surface area contributed by atoms with E-state index in [4.69, 9.17) is 4.74 Å². The average Bonchev–Trinajstić information content (AvgIpc) is 2.32. The van der Waals surface area contributed by atoms with Gasteiger partial charge >= 0.3 is 0 Å². The van der Waals surface area contributed by atoms with Crippen molar-refractivity contribution in [2.24, 2.45) is 0 Å². The Kier molecular flexibility index (Phi) is 3.67. The first-order valence-corrected chi connectivity index (χ1v) is 5.58. The Balaban J connectivity index is 1.81. The van der Waals surface area contributed by atoms with Gasteiger partial charge in [-0.2, -0.15) is 0 Å². The summed E-state index contributed by atoms with van der Waals surface area (Å²) in [7, 11) is 0. The summed E-state index contributed by atoms with van der Waals surface area (Å²) >= 11 is 0. The molecule has 0 radical (unpaired) electrons. The van der Waals surface area contributed by atoms with Gasteiger partial charge in [0.2, 0.25) is 0 Å². The third-order valence-corrected chi connectivity index (χ3v) is 2.86. The highest BCUT2D eigenvalue weighted by Crippen LogP contribution is 2.21. The summed E-state index contributed by atoms with van der Waals surface area (Å²) < 4.78 is 18.7. The van der Waals surface area contributed by atoms with E-state index >= 15 is 0 Å². The van der Waals surface area contributed by atoms with E-state index in [1.54, 1.807) is 0 Å². The van der Waals surface area contributed by atoms with Crippen molar-refractivity contribution in [2.45, 2.75) is 38.1 Å². The van der Waals surface area contributed by atoms with Gasteiger partial charge in [-0.1, -0.05) is 30.3 Å². The summed E-state index contributed by atoms with van der Waals surface area (Å²) in [5.74, 6) is -0.278.